The summed E-state index contributed by atoms with van der Waals surface area (Å²) in [6, 6.07) is 10.1. The molecule has 20 heavy (non-hydrogen) atoms. The molecule has 0 amide bonds. The van der Waals surface area contributed by atoms with Crippen molar-refractivity contribution in [3.8, 4) is 0 Å². The van der Waals surface area contributed by atoms with E-state index in [0.717, 1.165) is 17.1 Å². The lowest BCUT2D eigenvalue weighted by atomic mass is 10.1. The molecule has 3 nitrogen and oxygen atoms in total. The molecule has 1 heterocycles. The average Bonchev–Trinajstić information content (AvgIpc) is 2.69. The summed E-state index contributed by atoms with van der Waals surface area (Å²) in [6.07, 6.45) is 0. The fourth-order valence-corrected chi connectivity index (χ4v) is 1.94. The van der Waals surface area contributed by atoms with Gasteiger partial charge in [-0.25, -0.2) is 4.68 Å². The van der Waals surface area contributed by atoms with E-state index < -0.39 is 0 Å². The zero-order valence-corrected chi connectivity index (χ0v) is 12.1. The van der Waals surface area contributed by atoms with Crippen LogP contribution in [0.3, 0.4) is 0 Å². The summed E-state index contributed by atoms with van der Waals surface area (Å²) < 4.78 is 1.81. The molecule has 0 spiro atoms. The maximum absolute atomic E-state index is 3.92. The molecule has 3 heteroatoms. The van der Waals surface area contributed by atoms with E-state index in [4.69, 9.17) is 0 Å². The van der Waals surface area contributed by atoms with Gasteiger partial charge in [0.05, 0.1) is 5.69 Å². The van der Waals surface area contributed by atoms with E-state index in [1.54, 1.807) is 4.68 Å². The third-order valence-electron chi connectivity index (χ3n) is 2.97. The van der Waals surface area contributed by atoms with Crippen molar-refractivity contribution in [2.24, 2.45) is 10.1 Å². The van der Waals surface area contributed by atoms with Crippen molar-refractivity contribution in [2.45, 2.75) is 35.1 Å². The fraction of sp³-hybridized carbons (Fsp3) is 0.294. The van der Waals surface area contributed by atoms with Gasteiger partial charge in [0.1, 0.15) is 0 Å². The van der Waals surface area contributed by atoms with E-state index in [9.17, 15) is 0 Å². The first-order valence-corrected chi connectivity index (χ1v) is 6.16. The van der Waals surface area contributed by atoms with Crippen molar-refractivity contribution in [1.29, 1.82) is 0 Å². The minimum absolute atomic E-state index is 0. The molecule has 2 rings (SSSR count). The van der Waals surface area contributed by atoms with Gasteiger partial charge >= 0.3 is 0 Å². The Kier molecular flexibility index (Phi) is 7.22. The Balaban J connectivity index is 0.000000345. The molecule has 0 saturated carbocycles. The van der Waals surface area contributed by atoms with E-state index in [1.165, 1.54) is 11.1 Å². The quantitative estimate of drug-likeness (QED) is 0.700. The smallest absolute Gasteiger partial charge is 0.0680 e. The maximum atomic E-state index is 3.92. The number of hydrogen-bond donors (Lipinski definition) is 0. The van der Waals surface area contributed by atoms with E-state index >= 15 is 0 Å². The second-order valence-corrected chi connectivity index (χ2v) is 4.47. The molecule has 0 aliphatic heterocycles. The van der Waals surface area contributed by atoms with Crippen LogP contribution >= 0.6 is 0 Å². The number of nitrogens with zero attached hydrogens (tertiary/aromatic N) is 3. The predicted molar refractivity (Wildman–Crippen MR) is 90.7 cm³/mol. The number of aromatic nitrogens is 1. The molecule has 0 bridgehead atoms. The summed E-state index contributed by atoms with van der Waals surface area (Å²) in [6.45, 7) is 15.0. The Bertz CT molecular complexity index is 540. The fourth-order valence-electron chi connectivity index (χ4n) is 1.94. The molecular formula is C17H25N3. The lowest BCUT2D eigenvalue weighted by Gasteiger charge is -2.01. The van der Waals surface area contributed by atoms with Crippen LogP contribution in [0.2, 0.25) is 0 Å². The highest BCUT2D eigenvalue weighted by atomic mass is 15.3. The highest BCUT2D eigenvalue weighted by molar-refractivity contribution is 5.55. The zero-order chi connectivity index (χ0) is 14.4. The second kappa shape index (κ2) is 8.10. The second-order valence-electron chi connectivity index (χ2n) is 4.47. The van der Waals surface area contributed by atoms with Crippen molar-refractivity contribution >= 4 is 19.1 Å². The third kappa shape index (κ3) is 4.19. The molecule has 0 unspecified atom stereocenters. The van der Waals surface area contributed by atoms with E-state index in [1.807, 2.05) is 58.0 Å². The van der Waals surface area contributed by atoms with Gasteiger partial charge in [-0.05, 0) is 57.7 Å². The predicted octanol–water partition coefficient (Wildman–Crippen LogP) is 4.84. The normalized spacial score (nSPS) is 9.00. The van der Waals surface area contributed by atoms with Gasteiger partial charge in [0.2, 0.25) is 0 Å². The van der Waals surface area contributed by atoms with Gasteiger partial charge in [-0.1, -0.05) is 25.6 Å². The van der Waals surface area contributed by atoms with Crippen LogP contribution in [0.1, 0.15) is 29.9 Å². The topological polar surface area (TPSA) is 29.6 Å². The summed E-state index contributed by atoms with van der Waals surface area (Å²) in [4.78, 5) is 3.92. The molecule has 0 aliphatic rings. The largest absolute Gasteiger partial charge is 0.264 e. The van der Waals surface area contributed by atoms with E-state index in [0.29, 0.717) is 0 Å². The lowest BCUT2D eigenvalue weighted by molar-refractivity contribution is 0.822. The van der Waals surface area contributed by atoms with Gasteiger partial charge < -0.3 is 0 Å². The third-order valence-corrected chi connectivity index (χ3v) is 2.97. The summed E-state index contributed by atoms with van der Waals surface area (Å²) in [5, 5.41) is 3.80. The minimum atomic E-state index is 0. The van der Waals surface area contributed by atoms with Crippen LogP contribution in [-0.2, 0) is 0 Å². The Morgan fingerprint density at radius 2 is 1.30 bits per heavy atom. The Labute approximate surface area is 122 Å². The van der Waals surface area contributed by atoms with Gasteiger partial charge in [0.25, 0.3) is 0 Å². The van der Waals surface area contributed by atoms with Crippen LogP contribution < -0.4 is 0 Å². The molecular weight excluding hydrogens is 246 g/mol. The first kappa shape index (κ1) is 17.8. The van der Waals surface area contributed by atoms with Crippen LogP contribution in [0, 0.1) is 27.7 Å². The minimum Gasteiger partial charge on any atom is -0.264 e. The number of rotatable bonds is 2. The van der Waals surface area contributed by atoms with Crippen LogP contribution in [0.4, 0.5) is 5.69 Å². The number of hydrogen-bond acceptors (Lipinski definition) is 2. The van der Waals surface area contributed by atoms with Crippen LogP contribution in [0.25, 0.3) is 0 Å². The monoisotopic (exact) mass is 271 g/mol. The first-order chi connectivity index (χ1) is 9.01. The molecule has 108 valence electrons. The molecule has 1 aromatic carbocycles. The van der Waals surface area contributed by atoms with Crippen molar-refractivity contribution < 1.29 is 0 Å². The average molecular weight is 271 g/mol. The maximum Gasteiger partial charge on any atom is 0.0680 e. The molecule has 0 atom stereocenters. The summed E-state index contributed by atoms with van der Waals surface area (Å²) in [7, 11) is 0. The SMILES string of the molecule is C.C=Nc1c(C)cccc1C.C=Nn1c(C)ccc1C. The van der Waals surface area contributed by atoms with Gasteiger partial charge in [-0.3, -0.25) is 4.99 Å². The summed E-state index contributed by atoms with van der Waals surface area (Å²) in [5.41, 5.74) is 5.65. The highest BCUT2D eigenvalue weighted by Gasteiger charge is 1.96. The lowest BCUT2D eigenvalue weighted by Crippen LogP contribution is -1.90. The first-order valence-electron chi connectivity index (χ1n) is 6.16. The molecule has 0 fully saturated rings. The Morgan fingerprint density at radius 1 is 0.850 bits per heavy atom. The molecule has 2 aromatic rings. The molecule has 1 aromatic heterocycles. The molecule has 0 radical (unpaired) electrons. The van der Waals surface area contributed by atoms with Crippen LogP contribution in [-0.4, -0.2) is 18.1 Å². The molecule has 0 N–H and O–H groups in total. The number of benzene rings is 1. The van der Waals surface area contributed by atoms with Crippen LogP contribution in [0.15, 0.2) is 40.4 Å². The Hall–Kier alpha value is -2.16. The van der Waals surface area contributed by atoms with Crippen molar-refractivity contribution in [3.05, 3.63) is 52.8 Å². The summed E-state index contributed by atoms with van der Waals surface area (Å²) >= 11 is 0. The van der Waals surface area contributed by atoms with Gasteiger partial charge in [0.15, 0.2) is 0 Å². The summed E-state index contributed by atoms with van der Waals surface area (Å²) in [5.74, 6) is 0. The number of aliphatic imine (C=N–C) groups is 1. The van der Waals surface area contributed by atoms with Gasteiger partial charge in [-0.15, -0.1) is 0 Å². The van der Waals surface area contributed by atoms with Crippen molar-refractivity contribution in [2.75, 3.05) is 0 Å². The van der Waals surface area contributed by atoms with E-state index in [2.05, 4.69) is 23.5 Å². The van der Waals surface area contributed by atoms with Gasteiger partial charge in [-0.2, -0.15) is 5.10 Å². The van der Waals surface area contributed by atoms with E-state index in [-0.39, 0.29) is 7.43 Å². The standard InChI is InChI=1S/C9H11N.C7H10N2.CH4/c1-7-5-4-6-8(2)9(7)10-3;1-6-4-5-7(2)9(6)8-3;/h4-6H,3H2,1-2H3;4-5H,3H2,1-2H3;1H4. The zero-order valence-electron chi connectivity index (χ0n) is 12.1. The van der Waals surface area contributed by atoms with Crippen molar-refractivity contribution in [3.63, 3.8) is 0 Å². The van der Waals surface area contributed by atoms with Gasteiger partial charge in [0, 0.05) is 18.1 Å². The van der Waals surface area contributed by atoms with Crippen LogP contribution in [0.5, 0.6) is 0 Å². The van der Waals surface area contributed by atoms with Crippen molar-refractivity contribution in [1.82, 2.24) is 4.68 Å². The number of aryl methyl sites for hydroxylation is 4. The molecule has 0 aliphatic carbocycles. The highest BCUT2D eigenvalue weighted by Crippen LogP contribution is 2.21. The number of para-hydroxylation sites is 1. The Morgan fingerprint density at radius 3 is 1.55 bits per heavy atom. The molecule has 0 saturated heterocycles.